The molecule has 2 aromatic heterocycles. The van der Waals surface area contributed by atoms with Crippen LogP contribution in [-0.2, 0) is 0 Å². The number of amides is 1. The molecular formula is C23H25N3O3. The number of carbonyl (C=O) groups excluding carboxylic acids is 1. The molecule has 0 radical (unpaired) electrons. The minimum atomic E-state index is -0.392. The Morgan fingerprint density at radius 2 is 1.83 bits per heavy atom. The molecule has 1 aliphatic heterocycles. The minimum absolute atomic E-state index is 0.0306. The summed E-state index contributed by atoms with van der Waals surface area (Å²) in [5.74, 6) is 0.458. The molecule has 2 N–H and O–H groups in total. The molecule has 0 saturated carbocycles. The van der Waals surface area contributed by atoms with Crippen molar-refractivity contribution in [2.75, 3.05) is 19.6 Å². The molecule has 6 heteroatoms. The van der Waals surface area contributed by atoms with E-state index < -0.39 is 5.56 Å². The van der Waals surface area contributed by atoms with Crippen molar-refractivity contribution in [3.05, 3.63) is 82.5 Å². The average molecular weight is 391 g/mol. The van der Waals surface area contributed by atoms with Crippen LogP contribution in [0, 0.1) is 0 Å². The molecule has 6 nitrogen and oxygen atoms in total. The summed E-state index contributed by atoms with van der Waals surface area (Å²) in [6.45, 7) is 2.35. The number of likely N-dealkylation sites (tertiary alicyclic amines) is 1. The molecule has 1 amide bonds. The lowest BCUT2D eigenvalue weighted by molar-refractivity contribution is 0.0912. The lowest BCUT2D eigenvalue weighted by atomic mass is 10.1. The summed E-state index contributed by atoms with van der Waals surface area (Å²) in [5, 5.41) is 2.92. The van der Waals surface area contributed by atoms with Gasteiger partial charge in [0.1, 0.15) is 11.3 Å². The number of benzene rings is 1. The third-order valence-electron chi connectivity index (χ3n) is 5.40. The zero-order valence-electron chi connectivity index (χ0n) is 16.3. The highest BCUT2D eigenvalue weighted by molar-refractivity contribution is 5.94. The van der Waals surface area contributed by atoms with Crippen LogP contribution in [0.5, 0.6) is 0 Å². The van der Waals surface area contributed by atoms with Gasteiger partial charge in [-0.15, -0.1) is 0 Å². The first kappa shape index (κ1) is 19.2. The molecule has 1 fully saturated rings. The summed E-state index contributed by atoms with van der Waals surface area (Å²) in [6.07, 6.45) is 5.18. The number of piperidine rings is 1. The van der Waals surface area contributed by atoms with E-state index in [0.29, 0.717) is 12.2 Å². The molecule has 1 aromatic carbocycles. The lowest BCUT2D eigenvalue weighted by Gasteiger charge is -2.33. The van der Waals surface area contributed by atoms with Crippen molar-refractivity contribution in [2.24, 2.45) is 0 Å². The summed E-state index contributed by atoms with van der Waals surface area (Å²) >= 11 is 0. The Bertz CT molecular complexity index is 990. The number of pyridine rings is 1. The molecule has 29 heavy (non-hydrogen) atoms. The van der Waals surface area contributed by atoms with Crippen LogP contribution in [0.15, 0.2) is 70.1 Å². The fourth-order valence-electron chi connectivity index (χ4n) is 3.84. The predicted molar refractivity (Wildman–Crippen MR) is 112 cm³/mol. The van der Waals surface area contributed by atoms with E-state index in [1.54, 1.807) is 18.4 Å². The quantitative estimate of drug-likeness (QED) is 0.673. The zero-order chi connectivity index (χ0) is 20.1. The van der Waals surface area contributed by atoms with Gasteiger partial charge >= 0.3 is 0 Å². The minimum Gasteiger partial charge on any atom is -0.468 e. The fraction of sp³-hybridized carbons (Fsp3) is 0.304. The maximum absolute atomic E-state index is 12.7. The largest absolute Gasteiger partial charge is 0.468 e. The summed E-state index contributed by atoms with van der Waals surface area (Å²) < 4.78 is 5.61. The second-order valence-electron chi connectivity index (χ2n) is 7.32. The van der Waals surface area contributed by atoms with Crippen molar-refractivity contribution >= 4 is 5.91 Å². The van der Waals surface area contributed by atoms with Gasteiger partial charge in [-0.25, -0.2) is 0 Å². The van der Waals surface area contributed by atoms with Gasteiger partial charge in [0.15, 0.2) is 0 Å². The number of H-pyrrole nitrogens is 1. The van der Waals surface area contributed by atoms with Gasteiger partial charge in [-0.2, -0.15) is 0 Å². The van der Waals surface area contributed by atoms with Gasteiger partial charge in [-0.3, -0.25) is 14.5 Å². The van der Waals surface area contributed by atoms with Crippen molar-refractivity contribution in [2.45, 2.75) is 25.3 Å². The highest BCUT2D eigenvalue weighted by Crippen LogP contribution is 2.24. The standard InChI is InChI=1S/C23H25N3O3/c27-22(18-11-12-19(25-23(18)28)17-8-3-1-4-9-17)24-16-20(21-10-7-15-29-21)26-13-5-2-6-14-26/h1,3-4,7-12,15,20H,2,5-6,13-14,16H2,(H,24,27)(H,25,28). The van der Waals surface area contributed by atoms with Crippen molar-refractivity contribution < 1.29 is 9.21 Å². The van der Waals surface area contributed by atoms with E-state index in [-0.39, 0.29) is 17.5 Å². The van der Waals surface area contributed by atoms with Crippen LogP contribution in [0.25, 0.3) is 11.3 Å². The van der Waals surface area contributed by atoms with Crippen LogP contribution in [-0.4, -0.2) is 35.4 Å². The van der Waals surface area contributed by atoms with Gasteiger partial charge in [0.2, 0.25) is 0 Å². The Hall–Kier alpha value is -3.12. The first-order valence-electron chi connectivity index (χ1n) is 10.1. The number of hydrogen-bond acceptors (Lipinski definition) is 4. The molecule has 3 aromatic rings. The van der Waals surface area contributed by atoms with Crippen molar-refractivity contribution in [1.82, 2.24) is 15.2 Å². The first-order chi connectivity index (χ1) is 14.2. The van der Waals surface area contributed by atoms with Crippen LogP contribution in [0.4, 0.5) is 0 Å². The molecule has 1 unspecified atom stereocenters. The second-order valence-corrected chi connectivity index (χ2v) is 7.32. The van der Waals surface area contributed by atoms with E-state index in [1.807, 2.05) is 42.5 Å². The van der Waals surface area contributed by atoms with Crippen LogP contribution in [0.1, 0.15) is 41.4 Å². The number of aromatic amines is 1. The zero-order valence-corrected chi connectivity index (χ0v) is 16.3. The Morgan fingerprint density at radius 3 is 2.52 bits per heavy atom. The molecule has 0 bridgehead atoms. The number of aromatic nitrogens is 1. The molecular weight excluding hydrogens is 366 g/mol. The average Bonchev–Trinajstić information content (AvgIpc) is 3.29. The van der Waals surface area contributed by atoms with E-state index in [9.17, 15) is 9.59 Å². The van der Waals surface area contributed by atoms with Gasteiger partial charge in [-0.1, -0.05) is 36.8 Å². The van der Waals surface area contributed by atoms with Gasteiger partial charge in [-0.05, 0) is 55.8 Å². The number of carbonyl (C=O) groups is 1. The maximum atomic E-state index is 12.7. The first-order valence-corrected chi connectivity index (χ1v) is 10.1. The van der Waals surface area contributed by atoms with E-state index in [0.717, 1.165) is 37.3 Å². The Kier molecular flexibility index (Phi) is 5.91. The van der Waals surface area contributed by atoms with Gasteiger partial charge in [0.25, 0.3) is 11.5 Å². The topological polar surface area (TPSA) is 78.3 Å². The second kappa shape index (κ2) is 8.92. The number of rotatable bonds is 6. The van der Waals surface area contributed by atoms with Crippen LogP contribution < -0.4 is 10.9 Å². The van der Waals surface area contributed by atoms with Gasteiger partial charge in [0, 0.05) is 12.2 Å². The number of nitrogens with zero attached hydrogens (tertiary/aromatic N) is 1. The molecule has 1 atom stereocenters. The van der Waals surface area contributed by atoms with E-state index in [1.165, 1.54) is 6.42 Å². The van der Waals surface area contributed by atoms with Crippen molar-refractivity contribution in [1.29, 1.82) is 0 Å². The number of furan rings is 1. The van der Waals surface area contributed by atoms with Crippen LogP contribution in [0.2, 0.25) is 0 Å². The molecule has 3 heterocycles. The molecule has 4 rings (SSSR count). The monoisotopic (exact) mass is 391 g/mol. The maximum Gasteiger partial charge on any atom is 0.261 e. The Labute approximate surface area is 169 Å². The summed E-state index contributed by atoms with van der Waals surface area (Å²) in [5.41, 5.74) is 1.31. The summed E-state index contributed by atoms with van der Waals surface area (Å²) in [4.78, 5) is 30.3. The van der Waals surface area contributed by atoms with Crippen molar-refractivity contribution in [3.8, 4) is 11.3 Å². The third kappa shape index (κ3) is 4.49. The van der Waals surface area contributed by atoms with Crippen LogP contribution in [0.3, 0.4) is 0 Å². The normalized spacial score (nSPS) is 15.7. The third-order valence-corrected chi connectivity index (χ3v) is 5.40. The number of hydrogen-bond donors (Lipinski definition) is 2. The molecule has 150 valence electrons. The van der Waals surface area contributed by atoms with E-state index >= 15 is 0 Å². The number of nitrogens with one attached hydrogen (secondary N) is 2. The molecule has 0 spiro atoms. The van der Waals surface area contributed by atoms with Crippen LogP contribution >= 0.6 is 0 Å². The SMILES string of the molecule is O=C(NCC(c1ccco1)N1CCCCC1)c1ccc(-c2ccccc2)[nH]c1=O. The predicted octanol–water partition coefficient (Wildman–Crippen LogP) is 3.59. The van der Waals surface area contributed by atoms with Gasteiger partial charge in [0.05, 0.1) is 12.3 Å². The fourth-order valence-corrected chi connectivity index (χ4v) is 3.84. The van der Waals surface area contributed by atoms with E-state index in [4.69, 9.17) is 4.42 Å². The Morgan fingerprint density at radius 1 is 1.03 bits per heavy atom. The smallest absolute Gasteiger partial charge is 0.261 e. The lowest BCUT2D eigenvalue weighted by Crippen LogP contribution is -2.41. The van der Waals surface area contributed by atoms with Gasteiger partial charge < -0.3 is 14.7 Å². The Balaban J connectivity index is 1.47. The molecule has 0 aliphatic carbocycles. The molecule has 1 saturated heterocycles. The van der Waals surface area contributed by atoms with E-state index in [2.05, 4.69) is 15.2 Å². The summed E-state index contributed by atoms with van der Waals surface area (Å²) in [7, 11) is 0. The molecule has 1 aliphatic rings. The summed E-state index contributed by atoms with van der Waals surface area (Å²) in [6, 6.07) is 16.7. The highest BCUT2D eigenvalue weighted by atomic mass is 16.3. The highest BCUT2D eigenvalue weighted by Gasteiger charge is 2.25. The van der Waals surface area contributed by atoms with Crippen molar-refractivity contribution in [3.63, 3.8) is 0 Å².